The van der Waals surface area contributed by atoms with Gasteiger partial charge in [-0.1, -0.05) is 91.0 Å². The molecule has 1 aliphatic rings. The van der Waals surface area contributed by atoms with Crippen LogP contribution in [-0.4, -0.2) is 47.2 Å². The van der Waals surface area contributed by atoms with Gasteiger partial charge in [-0.05, 0) is 30.5 Å². The molecule has 5 rings (SSSR count). The third-order valence-corrected chi connectivity index (χ3v) is 7.01. The van der Waals surface area contributed by atoms with Crippen LogP contribution in [0.25, 0.3) is 0 Å². The molecule has 0 aliphatic carbocycles. The van der Waals surface area contributed by atoms with E-state index in [2.05, 4.69) is 4.98 Å². The molecule has 41 heavy (non-hydrogen) atoms. The zero-order valence-corrected chi connectivity index (χ0v) is 23.4. The van der Waals surface area contributed by atoms with Crippen LogP contribution in [0.2, 0.25) is 0 Å². The third-order valence-electron chi connectivity index (χ3n) is 7.01. The van der Waals surface area contributed by atoms with Crippen molar-refractivity contribution in [3.05, 3.63) is 125 Å². The zero-order chi connectivity index (χ0) is 28.4. The summed E-state index contributed by atoms with van der Waals surface area (Å²) in [4.78, 5) is 17.3. The lowest BCUT2D eigenvalue weighted by atomic mass is 10.0. The van der Waals surface area contributed by atoms with Gasteiger partial charge in [0.2, 0.25) is 0 Å². The lowest BCUT2D eigenvalue weighted by Gasteiger charge is -2.25. The molecule has 4 aromatic rings. The Morgan fingerprint density at radius 2 is 1.34 bits per heavy atom. The molecule has 3 aromatic carbocycles. The fraction of sp³-hybridized carbons (Fsp3) is 0.333. The molecule has 0 radical (unpaired) electrons. The van der Waals surface area contributed by atoms with E-state index < -0.39 is 30.5 Å². The van der Waals surface area contributed by atoms with E-state index >= 15 is 0 Å². The second-order valence-corrected chi connectivity index (χ2v) is 9.90. The average molecular weight is 557 g/mol. The largest absolute Gasteiger partial charge is 0.449 e. The maximum Gasteiger partial charge on any atom is 0.419 e. The summed E-state index contributed by atoms with van der Waals surface area (Å²) in [5, 5.41) is 0. The lowest BCUT2D eigenvalue weighted by molar-refractivity contribution is -0.0898. The zero-order valence-electron chi connectivity index (χ0n) is 23.4. The predicted molar refractivity (Wildman–Crippen MR) is 153 cm³/mol. The number of aryl methyl sites for hydroxylation is 1. The summed E-state index contributed by atoms with van der Waals surface area (Å²) in [5.74, 6) is 0. The molecule has 1 aromatic heterocycles. The van der Waals surface area contributed by atoms with Gasteiger partial charge in [-0.25, -0.2) is 14.3 Å². The molecule has 214 valence electrons. The van der Waals surface area contributed by atoms with Crippen LogP contribution in [0, 0.1) is 6.92 Å². The smallest absolute Gasteiger partial charge is 0.419 e. The van der Waals surface area contributed by atoms with Crippen molar-refractivity contribution in [2.24, 2.45) is 0 Å². The monoisotopic (exact) mass is 556 g/mol. The van der Waals surface area contributed by atoms with Crippen LogP contribution in [0.5, 0.6) is 0 Å². The molecule has 1 fully saturated rings. The highest BCUT2D eigenvalue weighted by molar-refractivity contribution is 5.71. The Balaban J connectivity index is 1.44. The minimum atomic E-state index is -0.642. The first-order chi connectivity index (χ1) is 20.1. The van der Waals surface area contributed by atoms with Crippen molar-refractivity contribution in [3.63, 3.8) is 0 Å². The van der Waals surface area contributed by atoms with E-state index in [0.717, 1.165) is 16.7 Å². The Kier molecular flexibility index (Phi) is 9.93. The molecule has 4 atom stereocenters. The number of nitrogens with zero attached hydrogens (tertiary/aromatic N) is 2. The normalized spacial score (nSPS) is 20.2. The van der Waals surface area contributed by atoms with E-state index in [1.165, 1.54) is 10.9 Å². The van der Waals surface area contributed by atoms with E-state index in [0.29, 0.717) is 31.2 Å². The minimum Gasteiger partial charge on any atom is -0.449 e. The Hall–Kier alpha value is -3.82. The highest BCUT2D eigenvalue weighted by atomic mass is 16.6. The van der Waals surface area contributed by atoms with Gasteiger partial charge < -0.3 is 23.7 Å². The predicted octanol–water partition coefficient (Wildman–Crippen LogP) is 6.02. The summed E-state index contributed by atoms with van der Waals surface area (Å²) >= 11 is 0. The van der Waals surface area contributed by atoms with Gasteiger partial charge in [0.25, 0.3) is 0 Å². The SMILES string of the molecule is CCOC(=O)n1cnc(C)c1[C@@H]1O[C@H](COCc2ccccc2)[C@@H](OCc2ccccc2)[C@H]1OCc1ccccc1. The van der Waals surface area contributed by atoms with Crippen molar-refractivity contribution >= 4 is 6.09 Å². The van der Waals surface area contributed by atoms with Crippen molar-refractivity contribution in [1.29, 1.82) is 0 Å². The summed E-state index contributed by atoms with van der Waals surface area (Å²) in [6.07, 6.45) is -1.18. The molecule has 0 amide bonds. The fourth-order valence-corrected chi connectivity index (χ4v) is 4.99. The van der Waals surface area contributed by atoms with E-state index in [1.807, 2.05) is 97.9 Å². The average Bonchev–Trinajstić information content (AvgIpc) is 3.56. The second kappa shape index (κ2) is 14.2. The molecule has 1 aliphatic heterocycles. The first kappa shape index (κ1) is 28.7. The van der Waals surface area contributed by atoms with Crippen LogP contribution in [0.3, 0.4) is 0 Å². The molecule has 2 heterocycles. The Bertz CT molecular complexity index is 1360. The van der Waals surface area contributed by atoms with E-state index in [4.69, 9.17) is 23.7 Å². The Labute approximate surface area is 240 Å². The number of rotatable bonds is 12. The van der Waals surface area contributed by atoms with Crippen LogP contribution in [0.4, 0.5) is 4.79 Å². The number of carbonyl (C=O) groups is 1. The van der Waals surface area contributed by atoms with Crippen LogP contribution in [-0.2, 0) is 43.5 Å². The lowest BCUT2D eigenvalue weighted by Crippen LogP contribution is -2.38. The fourth-order valence-electron chi connectivity index (χ4n) is 4.99. The van der Waals surface area contributed by atoms with E-state index in [9.17, 15) is 4.79 Å². The van der Waals surface area contributed by atoms with Crippen LogP contribution in [0.1, 0.15) is 41.1 Å². The van der Waals surface area contributed by atoms with E-state index in [1.54, 1.807) is 6.92 Å². The van der Waals surface area contributed by atoms with Crippen molar-refractivity contribution in [1.82, 2.24) is 9.55 Å². The number of hydrogen-bond acceptors (Lipinski definition) is 7. The number of imidazole rings is 1. The van der Waals surface area contributed by atoms with Crippen LogP contribution < -0.4 is 0 Å². The summed E-state index contributed by atoms with van der Waals surface area (Å²) in [6.45, 7) is 5.30. The highest BCUT2D eigenvalue weighted by Gasteiger charge is 2.49. The minimum absolute atomic E-state index is 0.244. The van der Waals surface area contributed by atoms with Gasteiger partial charge in [0.15, 0.2) is 0 Å². The molecular weight excluding hydrogens is 520 g/mol. The van der Waals surface area contributed by atoms with Gasteiger partial charge in [-0.15, -0.1) is 0 Å². The van der Waals surface area contributed by atoms with Gasteiger partial charge in [0.1, 0.15) is 30.7 Å². The third kappa shape index (κ3) is 7.28. The maximum absolute atomic E-state index is 12.9. The van der Waals surface area contributed by atoms with Gasteiger partial charge >= 0.3 is 6.09 Å². The molecule has 0 saturated carbocycles. The topological polar surface area (TPSA) is 81.0 Å². The number of hydrogen-bond donors (Lipinski definition) is 0. The highest BCUT2D eigenvalue weighted by Crippen LogP contribution is 2.39. The first-order valence-electron chi connectivity index (χ1n) is 13.9. The molecule has 1 saturated heterocycles. The number of ether oxygens (including phenoxy) is 5. The Morgan fingerprint density at radius 1 is 0.805 bits per heavy atom. The quantitative estimate of drug-likeness (QED) is 0.211. The van der Waals surface area contributed by atoms with Crippen molar-refractivity contribution < 1.29 is 28.5 Å². The molecule has 8 nitrogen and oxygen atoms in total. The van der Waals surface area contributed by atoms with Crippen molar-refractivity contribution in [3.8, 4) is 0 Å². The number of carbonyl (C=O) groups excluding carboxylic acids is 1. The van der Waals surface area contributed by atoms with Crippen molar-refractivity contribution in [2.45, 2.75) is 58.1 Å². The summed E-state index contributed by atoms with van der Waals surface area (Å²) in [7, 11) is 0. The summed E-state index contributed by atoms with van der Waals surface area (Å²) < 4.78 is 32.6. The molecule has 0 spiro atoms. The van der Waals surface area contributed by atoms with Gasteiger partial charge in [-0.3, -0.25) is 0 Å². The molecule has 0 N–H and O–H groups in total. The molecule has 0 bridgehead atoms. The standard InChI is InChI=1S/C33H36N2O6/c1-3-38-33(36)35-23-34-24(2)29(35)31-32(40-21-27-17-11-6-12-18-27)30(39-20-26-15-9-5-10-16-26)28(41-31)22-37-19-25-13-7-4-8-14-25/h4-18,23,28,30-32H,3,19-22H2,1-2H3/t28-,30-,31+,32-/m1/s1. The molecule has 8 heteroatoms. The second-order valence-electron chi connectivity index (χ2n) is 9.90. The summed E-state index contributed by atoms with van der Waals surface area (Å²) in [6, 6.07) is 29.9. The van der Waals surface area contributed by atoms with E-state index in [-0.39, 0.29) is 13.2 Å². The molecule has 0 unspecified atom stereocenters. The maximum atomic E-state index is 12.9. The summed E-state index contributed by atoms with van der Waals surface area (Å²) in [5.41, 5.74) is 4.36. The van der Waals surface area contributed by atoms with Gasteiger partial charge in [-0.2, -0.15) is 0 Å². The van der Waals surface area contributed by atoms with Crippen LogP contribution >= 0.6 is 0 Å². The number of benzene rings is 3. The first-order valence-corrected chi connectivity index (χ1v) is 13.9. The Morgan fingerprint density at radius 3 is 1.90 bits per heavy atom. The van der Waals surface area contributed by atoms with Gasteiger partial charge in [0, 0.05) is 0 Å². The molecular formula is C33H36N2O6. The number of aromatic nitrogens is 2. The van der Waals surface area contributed by atoms with Gasteiger partial charge in [0.05, 0.1) is 44.4 Å². The van der Waals surface area contributed by atoms with Crippen molar-refractivity contribution in [2.75, 3.05) is 13.2 Å². The van der Waals surface area contributed by atoms with Crippen LogP contribution in [0.15, 0.2) is 97.3 Å².